The number of hydrogen-bond donors (Lipinski definition) is 0. The van der Waals surface area contributed by atoms with Gasteiger partial charge in [-0.3, -0.25) is 4.79 Å². The fourth-order valence-electron chi connectivity index (χ4n) is 2.52. The molecule has 1 nitrogen and oxygen atoms in total. The van der Waals surface area contributed by atoms with Gasteiger partial charge in [-0.1, -0.05) is 32.1 Å². The molecule has 0 N–H and O–H groups in total. The van der Waals surface area contributed by atoms with Gasteiger partial charge in [0.25, 0.3) is 0 Å². The maximum Gasteiger partial charge on any atom is 0.165 e. The van der Waals surface area contributed by atoms with Crippen LogP contribution in [0.1, 0.15) is 47.0 Å². The van der Waals surface area contributed by atoms with Crippen LogP contribution in [0.15, 0.2) is 23.8 Å². The normalized spacial score (nSPS) is 26.5. The molecule has 0 aromatic heterocycles. The molecule has 84 valence electrons. The van der Waals surface area contributed by atoms with E-state index in [9.17, 15) is 4.79 Å². The zero-order chi connectivity index (χ0) is 11.6. The fourth-order valence-corrected chi connectivity index (χ4v) is 2.52. The lowest BCUT2D eigenvalue weighted by Crippen LogP contribution is -2.35. The molecule has 1 rings (SSSR count). The molecular formula is C14H22O. The van der Waals surface area contributed by atoms with Gasteiger partial charge in [-0.05, 0) is 44.1 Å². The van der Waals surface area contributed by atoms with Crippen LogP contribution in [0.3, 0.4) is 0 Å². The maximum absolute atomic E-state index is 12.2. The highest BCUT2D eigenvalue weighted by Gasteiger charge is 2.39. The number of allylic oxidation sites excluding steroid dienone is 3. The van der Waals surface area contributed by atoms with Crippen molar-refractivity contribution in [2.45, 2.75) is 47.0 Å². The highest BCUT2D eigenvalue weighted by molar-refractivity contribution is 5.98. The summed E-state index contributed by atoms with van der Waals surface area (Å²) in [6, 6.07) is 0. The third-order valence-corrected chi connectivity index (χ3v) is 3.59. The van der Waals surface area contributed by atoms with Crippen molar-refractivity contribution in [1.82, 2.24) is 0 Å². The van der Waals surface area contributed by atoms with Crippen LogP contribution < -0.4 is 0 Å². The average molecular weight is 206 g/mol. The molecule has 15 heavy (non-hydrogen) atoms. The lowest BCUT2D eigenvalue weighted by Gasteiger charge is -2.39. The number of rotatable bonds is 2. The third-order valence-electron chi connectivity index (χ3n) is 3.59. The second-order valence-corrected chi connectivity index (χ2v) is 5.27. The Morgan fingerprint density at radius 2 is 2.13 bits per heavy atom. The summed E-state index contributed by atoms with van der Waals surface area (Å²) in [4.78, 5) is 12.2. The maximum atomic E-state index is 12.2. The molecule has 1 saturated carbocycles. The zero-order valence-electron chi connectivity index (χ0n) is 10.4. The molecule has 1 aliphatic carbocycles. The van der Waals surface area contributed by atoms with Gasteiger partial charge in [0, 0.05) is 5.92 Å². The standard InChI is InChI=1S/C14H22O/c1-6-10(2)13(15)12-11(3)8-7-9-14(12,4)5/h6,12H,3,7-9H2,1-2,4-5H3/b10-6+. The van der Waals surface area contributed by atoms with Crippen molar-refractivity contribution < 1.29 is 4.79 Å². The van der Waals surface area contributed by atoms with E-state index in [1.807, 2.05) is 19.9 Å². The quantitative estimate of drug-likeness (QED) is 0.494. The Labute approximate surface area is 93.3 Å². The van der Waals surface area contributed by atoms with Crippen LogP contribution in [0.5, 0.6) is 0 Å². The van der Waals surface area contributed by atoms with Crippen molar-refractivity contribution in [2.75, 3.05) is 0 Å². The van der Waals surface area contributed by atoms with Crippen LogP contribution in [-0.4, -0.2) is 5.78 Å². The summed E-state index contributed by atoms with van der Waals surface area (Å²) in [6.07, 6.45) is 5.21. The Bertz CT molecular complexity index is 307. The van der Waals surface area contributed by atoms with Gasteiger partial charge in [0.1, 0.15) is 0 Å². The van der Waals surface area contributed by atoms with E-state index in [4.69, 9.17) is 0 Å². The minimum Gasteiger partial charge on any atom is -0.294 e. The van der Waals surface area contributed by atoms with E-state index in [0.29, 0.717) is 0 Å². The van der Waals surface area contributed by atoms with Crippen molar-refractivity contribution in [2.24, 2.45) is 11.3 Å². The molecule has 0 spiro atoms. The van der Waals surface area contributed by atoms with Crippen LogP contribution in [0.4, 0.5) is 0 Å². The molecule has 0 heterocycles. The average Bonchev–Trinajstić information content (AvgIpc) is 2.14. The van der Waals surface area contributed by atoms with E-state index < -0.39 is 0 Å². The third kappa shape index (κ3) is 2.39. The summed E-state index contributed by atoms with van der Waals surface area (Å²) in [5, 5.41) is 0. The first-order valence-electron chi connectivity index (χ1n) is 5.75. The predicted molar refractivity (Wildman–Crippen MR) is 64.7 cm³/mol. The van der Waals surface area contributed by atoms with Gasteiger partial charge in [0.15, 0.2) is 5.78 Å². The molecule has 1 aliphatic rings. The van der Waals surface area contributed by atoms with Gasteiger partial charge >= 0.3 is 0 Å². The highest BCUT2D eigenvalue weighted by atomic mass is 16.1. The molecule has 0 aliphatic heterocycles. The van der Waals surface area contributed by atoms with Crippen LogP contribution in [0, 0.1) is 11.3 Å². The van der Waals surface area contributed by atoms with Crippen LogP contribution in [0.25, 0.3) is 0 Å². The second-order valence-electron chi connectivity index (χ2n) is 5.27. The van der Waals surface area contributed by atoms with Gasteiger partial charge in [-0.2, -0.15) is 0 Å². The molecule has 0 radical (unpaired) electrons. The summed E-state index contributed by atoms with van der Waals surface area (Å²) in [5.41, 5.74) is 2.07. The number of carbonyl (C=O) groups is 1. The highest BCUT2D eigenvalue weighted by Crippen LogP contribution is 2.44. The van der Waals surface area contributed by atoms with Gasteiger partial charge < -0.3 is 0 Å². The number of hydrogen-bond acceptors (Lipinski definition) is 1. The van der Waals surface area contributed by atoms with Gasteiger partial charge in [-0.15, -0.1) is 0 Å². The van der Waals surface area contributed by atoms with Gasteiger partial charge in [0.2, 0.25) is 0 Å². The van der Waals surface area contributed by atoms with E-state index >= 15 is 0 Å². The molecule has 0 saturated heterocycles. The van der Waals surface area contributed by atoms with Crippen molar-refractivity contribution in [3.63, 3.8) is 0 Å². The van der Waals surface area contributed by atoms with Crippen LogP contribution >= 0.6 is 0 Å². The molecule has 0 amide bonds. The SMILES string of the molecule is C=C1CCCC(C)(C)C1C(=O)/C(C)=C/C. The first kappa shape index (κ1) is 12.2. The molecule has 0 aromatic carbocycles. The Kier molecular flexibility index (Phi) is 3.54. The topological polar surface area (TPSA) is 17.1 Å². The molecule has 1 heteroatoms. The summed E-state index contributed by atoms with van der Waals surface area (Å²) < 4.78 is 0. The van der Waals surface area contributed by atoms with Crippen LogP contribution in [-0.2, 0) is 4.79 Å². The summed E-state index contributed by atoms with van der Waals surface area (Å²) in [6.45, 7) is 12.3. The second kappa shape index (κ2) is 4.34. The van der Waals surface area contributed by atoms with Crippen molar-refractivity contribution in [3.8, 4) is 0 Å². The molecule has 1 unspecified atom stereocenters. The fraction of sp³-hybridized carbons (Fsp3) is 0.643. The first-order valence-corrected chi connectivity index (χ1v) is 5.75. The predicted octanol–water partition coefficient (Wildman–Crippen LogP) is 3.90. The Hall–Kier alpha value is -0.850. The van der Waals surface area contributed by atoms with E-state index in [2.05, 4.69) is 20.4 Å². The molecule has 0 aromatic rings. The smallest absolute Gasteiger partial charge is 0.165 e. The zero-order valence-corrected chi connectivity index (χ0v) is 10.4. The Morgan fingerprint density at radius 3 is 2.60 bits per heavy atom. The lowest BCUT2D eigenvalue weighted by atomic mass is 9.64. The summed E-state index contributed by atoms with van der Waals surface area (Å²) in [5.74, 6) is 0.301. The molecule has 1 fully saturated rings. The van der Waals surface area contributed by atoms with Crippen molar-refractivity contribution >= 4 is 5.78 Å². The van der Waals surface area contributed by atoms with Crippen molar-refractivity contribution in [1.29, 1.82) is 0 Å². The summed E-state index contributed by atoms with van der Waals surface area (Å²) >= 11 is 0. The number of Topliss-reactive ketones (excluding diaryl/α,β-unsaturated/α-hetero) is 1. The van der Waals surface area contributed by atoms with Gasteiger partial charge in [0.05, 0.1) is 0 Å². The largest absolute Gasteiger partial charge is 0.294 e. The van der Waals surface area contributed by atoms with E-state index in [1.165, 1.54) is 6.42 Å². The number of ketones is 1. The lowest BCUT2D eigenvalue weighted by molar-refractivity contribution is -0.121. The Balaban J connectivity index is 2.99. The molecule has 0 bridgehead atoms. The number of carbonyl (C=O) groups excluding carboxylic acids is 1. The molecular weight excluding hydrogens is 184 g/mol. The Morgan fingerprint density at radius 1 is 1.53 bits per heavy atom. The van der Waals surface area contributed by atoms with E-state index in [1.54, 1.807) is 0 Å². The van der Waals surface area contributed by atoms with Gasteiger partial charge in [-0.25, -0.2) is 0 Å². The van der Waals surface area contributed by atoms with E-state index in [0.717, 1.165) is 24.0 Å². The summed E-state index contributed by atoms with van der Waals surface area (Å²) in [7, 11) is 0. The minimum atomic E-state index is 0.0300. The first-order chi connectivity index (χ1) is 6.90. The minimum absolute atomic E-state index is 0.0300. The molecule has 1 atom stereocenters. The monoisotopic (exact) mass is 206 g/mol. The van der Waals surface area contributed by atoms with E-state index in [-0.39, 0.29) is 17.1 Å². The van der Waals surface area contributed by atoms with Crippen LogP contribution in [0.2, 0.25) is 0 Å². The van der Waals surface area contributed by atoms with Crippen molar-refractivity contribution in [3.05, 3.63) is 23.8 Å².